The van der Waals surface area contributed by atoms with Gasteiger partial charge in [-0.2, -0.15) is 0 Å². The number of hydrogen-bond donors (Lipinski definition) is 2. The van der Waals surface area contributed by atoms with Crippen LogP contribution in [0.15, 0.2) is 12.1 Å². The van der Waals surface area contributed by atoms with Crippen molar-refractivity contribution in [3.8, 4) is 11.5 Å². The predicted molar refractivity (Wildman–Crippen MR) is 73.3 cm³/mol. The van der Waals surface area contributed by atoms with Crippen LogP contribution in [-0.2, 0) is 12.8 Å². The lowest BCUT2D eigenvalue weighted by molar-refractivity contribution is 0.353. The third-order valence-corrected chi connectivity index (χ3v) is 3.84. The molecule has 0 aliphatic carbocycles. The zero-order valence-electron chi connectivity index (χ0n) is 11.3. The second kappa shape index (κ2) is 6.10. The van der Waals surface area contributed by atoms with Gasteiger partial charge in [-0.1, -0.05) is 13.0 Å². The Morgan fingerprint density at radius 3 is 2.89 bits per heavy atom. The first-order valence-corrected chi connectivity index (χ1v) is 6.84. The monoisotopic (exact) mass is 249 g/mol. The highest BCUT2D eigenvalue weighted by Gasteiger charge is 2.19. The molecule has 18 heavy (non-hydrogen) atoms. The zero-order valence-corrected chi connectivity index (χ0v) is 11.3. The Morgan fingerprint density at radius 2 is 2.28 bits per heavy atom. The summed E-state index contributed by atoms with van der Waals surface area (Å²) in [4.78, 5) is 0. The Kier molecular flexibility index (Phi) is 4.48. The first-order chi connectivity index (χ1) is 8.76. The molecule has 2 rings (SSSR count). The summed E-state index contributed by atoms with van der Waals surface area (Å²) in [6.07, 6.45) is 4.37. The molecule has 100 valence electrons. The highest BCUT2D eigenvalue weighted by molar-refractivity contribution is 5.50. The van der Waals surface area contributed by atoms with Crippen molar-refractivity contribution in [2.45, 2.75) is 32.6 Å². The lowest BCUT2D eigenvalue weighted by Crippen LogP contribution is -2.31. The Bertz CT molecular complexity index is 398. The van der Waals surface area contributed by atoms with Crippen LogP contribution in [0.5, 0.6) is 11.5 Å². The van der Waals surface area contributed by atoms with Gasteiger partial charge in [0.25, 0.3) is 0 Å². The maximum atomic E-state index is 10.3. The number of phenols is 1. The molecular weight excluding hydrogens is 226 g/mol. The van der Waals surface area contributed by atoms with Gasteiger partial charge in [0, 0.05) is 5.56 Å². The summed E-state index contributed by atoms with van der Waals surface area (Å²) < 4.78 is 5.21. The van der Waals surface area contributed by atoms with Gasteiger partial charge in [-0.05, 0) is 56.3 Å². The van der Waals surface area contributed by atoms with Crippen molar-refractivity contribution in [1.29, 1.82) is 0 Å². The summed E-state index contributed by atoms with van der Waals surface area (Å²) in [6.45, 7) is 4.31. The van der Waals surface area contributed by atoms with Crippen LogP contribution in [0.2, 0.25) is 0 Å². The highest BCUT2D eigenvalue weighted by atomic mass is 16.5. The fourth-order valence-corrected chi connectivity index (χ4v) is 2.77. The van der Waals surface area contributed by atoms with Crippen molar-refractivity contribution >= 4 is 0 Å². The summed E-state index contributed by atoms with van der Waals surface area (Å²) in [6, 6.07) is 3.93. The zero-order chi connectivity index (χ0) is 13.0. The lowest BCUT2D eigenvalue weighted by Gasteiger charge is -2.24. The minimum atomic E-state index is 0.336. The molecule has 1 fully saturated rings. The van der Waals surface area contributed by atoms with E-state index in [0.29, 0.717) is 17.4 Å². The Morgan fingerprint density at radius 1 is 1.44 bits per heavy atom. The molecule has 3 heteroatoms. The standard InChI is InChI=1S/C15H23NO2/c1-3-12-6-7-14(18-2)15(17)13(12)9-11-5-4-8-16-10-11/h6-7,11,16-17H,3-5,8-10H2,1-2H3. The lowest BCUT2D eigenvalue weighted by atomic mass is 9.89. The molecule has 0 radical (unpaired) electrons. The van der Waals surface area contributed by atoms with Gasteiger partial charge in [-0.3, -0.25) is 0 Å². The highest BCUT2D eigenvalue weighted by Crippen LogP contribution is 2.35. The van der Waals surface area contributed by atoms with E-state index >= 15 is 0 Å². The quantitative estimate of drug-likeness (QED) is 0.861. The summed E-state index contributed by atoms with van der Waals surface area (Å²) in [5, 5.41) is 13.7. The Labute approximate surface area is 109 Å². The van der Waals surface area contributed by atoms with E-state index in [1.54, 1.807) is 7.11 Å². The van der Waals surface area contributed by atoms with E-state index in [1.807, 2.05) is 6.07 Å². The minimum absolute atomic E-state index is 0.336. The smallest absolute Gasteiger partial charge is 0.161 e. The fraction of sp³-hybridized carbons (Fsp3) is 0.600. The van der Waals surface area contributed by atoms with Crippen LogP contribution >= 0.6 is 0 Å². The summed E-state index contributed by atoms with van der Waals surface area (Å²) in [5.74, 6) is 1.55. The average molecular weight is 249 g/mol. The molecule has 1 aromatic carbocycles. The third kappa shape index (κ3) is 2.78. The maximum absolute atomic E-state index is 10.3. The normalized spacial score (nSPS) is 19.8. The number of ether oxygens (including phenoxy) is 1. The molecule has 0 bridgehead atoms. The number of benzene rings is 1. The number of piperidine rings is 1. The first-order valence-electron chi connectivity index (χ1n) is 6.84. The minimum Gasteiger partial charge on any atom is -0.504 e. The van der Waals surface area contributed by atoms with E-state index in [-0.39, 0.29) is 0 Å². The van der Waals surface area contributed by atoms with Crippen LogP contribution in [0.1, 0.15) is 30.9 Å². The van der Waals surface area contributed by atoms with Crippen molar-refractivity contribution in [3.63, 3.8) is 0 Å². The molecule has 3 nitrogen and oxygen atoms in total. The van der Waals surface area contributed by atoms with Crippen molar-refractivity contribution in [2.75, 3.05) is 20.2 Å². The molecule has 1 atom stereocenters. The number of phenolic OH excluding ortho intramolecular Hbond substituents is 1. The number of hydrogen-bond acceptors (Lipinski definition) is 3. The molecule has 1 heterocycles. The van der Waals surface area contributed by atoms with Gasteiger partial charge in [-0.25, -0.2) is 0 Å². The molecule has 1 aliphatic heterocycles. The number of methoxy groups -OCH3 is 1. The van der Waals surface area contributed by atoms with E-state index in [0.717, 1.165) is 31.5 Å². The van der Waals surface area contributed by atoms with Gasteiger partial charge in [0.15, 0.2) is 11.5 Å². The molecular formula is C15H23NO2. The third-order valence-electron chi connectivity index (χ3n) is 3.84. The van der Waals surface area contributed by atoms with Crippen LogP contribution in [-0.4, -0.2) is 25.3 Å². The maximum Gasteiger partial charge on any atom is 0.161 e. The number of aryl methyl sites for hydroxylation is 1. The average Bonchev–Trinajstić information content (AvgIpc) is 2.42. The van der Waals surface area contributed by atoms with Crippen molar-refractivity contribution < 1.29 is 9.84 Å². The Balaban J connectivity index is 2.23. The van der Waals surface area contributed by atoms with Gasteiger partial charge >= 0.3 is 0 Å². The van der Waals surface area contributed by atoms with E-state index < -0.39 is 0 Å². The molecule has 1 aliphatic rings. The van der Waals surface area contributed by atoms with Crippen molar-refractivity contribution in [1.82, 2.24) is 5.32 Å². The molecule has 0 aromatic heterocycles. The van der Waals surface area contributed by atoms with Crippen LogP contribution in [0, 0.1) is 5.92 Å². The molecule has 1 unspecified atom stereocenters. The molecule has 1 aromatic rings. The second-order valence-electron chi connectivity index (χ2n) is 5.02. The SMILES string of the molecule is CCc1ccc(OC)c(O)c1CC1CCCNC1. The van der Waals surface area contributed by atoms with Crippen molar-refractivity contribution in [3.05, 3.63) is 23.3 Å². The fourth-order valence-electron chi connectivity index (χ4n) is 2.77. The number of nitrogens with one attached hydrogen (secondary N) is 1. The molecule has 0 spiro atoms. The predicted octanol–water partition coefficient (Wildman–Crippen LogP) is 2.51. The topological polar surface area (TPSA) is 41.5 Å². The molecule has 0 amide bonds. The van der Waals surface area contributed by atoms with Crippen LogP contribution < -0.4 is 10.1 Å². The van der Waals surface area contributed by atoms with E-state index in [9.17, 15) is 5.11 Å². The van der Waals surface area contributed by atoms with E-state index in [2.05, 4.69) is 18.3 Å². The summed E-state index contributed by atoms with van der Waals surface area (Å²) in [7, 11) is 1.60. The van der Waals surface area contributed by atoms with Crippen LogP contribution in [0.4, 0.5) is 0 Å². The number of aromatic hydroxyl groups is 1. The van der Waals surface area contributed by atoms with E-state index in [1.165, 1.54) is 18.4 Å². The molecule has 2 N–H and O–H groups in total. The summed E-state index contributed by atoms with van der Waals surface area (Å²) in [5.41, 5.74) is 2.31. The van der Waals surface area contributed by atoms with Crippen LogP contribution in [0.25, 0.3) is 0 Å². The second-order valence-corrected chi connectivity index (χ2v) is 5.02. The largest absolute Gasteiger partial charge is 0.504 e. The van der Waals surface area contributed by atoms with Gasteiger partial charge in [0.2, 0.25) is 0 Å². The Hall–Kier alpha value is -1.22. The van der Waals surface area contributed by atoms with Gasteiger partial charge < -0.3 is 15.2 Å². The first kappa shape index (κ1) is 13.2. The molecule has 0 saturated carbocycles. The van der Waals surface area contributed by atoms with Crippen LogP contribution in [0.3, 0.4) is 0 Å². The van der Waals surface area contributed by atoms with Crippen molar-refractivity contribution in [2.24, 2.45) is 5.92 Å². The van der Waals surface area contributed by atoms with Gasteiger partial charge in [0.05, 0.1) is 7.11 Å². The molecule has 1 saturated heterocycles. The van der Waals surface area contributed by atoms with E-state index in [4.69, 9.17) is 4.74 Å². The van der Waals surface area contributed by atoms with Gasteiger partial charge in [-0.15, -0.1) is 0 Å². The number of rotatable bonds is 4. The van der Waals surface area contributed by atoms with Gasteiger partial charge in [0.1, 0.15) is 0 Å². The summed E-state index contributed by atoms with van der Waals surface area (Å²) >= 11 is 0.